The van der Waals surface area contributed by atoms with Crippen molar-refractivity contribution in [3.63, 3.8) is 0 Å². The van der Waals surface area contributed by atoms with Crippen LogP contribution < -0.4 is 16.6 Å². The molecule has 0 radical (unpaired) electrons. The lowest BCUT2D eigenvalue weighted by atomic mass is 10.1. The van der Waals surface area contributed by atoms with Crippen LogP contribution in [0.15, 0.2) is 66.9 Å². The second-order valence-corrected chi connectivity index (χ2v) is 5.44. The zero-order valence-corrected chi connectivity index (χ0v) is 17.7. The number of hydrazine groups is 1. The van der Waals surface area contributed by atoms with Gasteiger partial charge in [-0.2, -0.15) is 5.10 Å². The minimum Gasteiger partial charge on any atom is -0.320 e. The van der Waals surface area contributed by atoms with E-state index >= 15 is 0 Å². The molecule has 1 atom stereocenters. The van der Waals surface area contributed by atoms with Gasteiger partial charge in [0.05, 0.1) is 17.9 Å². The van der Waals surface area contributed by atoms with E-state index in [9.17, 15) is 4.79 Å². The van der Waals surface area contributed by atoms with E-state index in [1.807, 2.05) is 60.7 Å². The van der Waals surface area contributed by atoms with Crippen molar-refractivity contribution in [2.45, 2.75) is 12.5 Å². The molecule has 0 aliphatic carbocycles. The molecule has 1 aromatic heterocycles. The number of anilines is 1. The fourth-order valence-corrected chi connectivity index (χ4v) is 2.28. The van der Waals surface area contributed by atoms with Crippen LogP contribution in [0.25, 0.3) is 11.3 Å². The number of benzene rings is 2. The second kappa shape index (κ2) is 11.4. The van der Waals surface area contributed by atoms with E-state index in [2.05, 4.69) is 26.0 Å². The highest BCUT2D eigenvalue weighted by atomic mass is 79.9. The van der Waals surface area contributed by atoms with Gasteiger partial charge in [-0.15, -0.1) is 39.1 Å². The number of carbonyl (C=O) groups excluding carboxylic acids is 1. The average Bonchev–Trinajstić information content (AvgIpc) is 2.68. The Kier molecular flexibility index (Phi) is 9.55. The number of nitrogens with one attached hydrogen (secondary N) is 2. The van der Waals surface area contributed by atoms with Crippen molar-refractivity contribution in [1.29, 1.82) is 0 Å². The summed E-state index contributed by atoms with van der Waals surface area (Å²) >= 11 is 0. The largest absolute Gasteiger partial charge is 0.320 e. The van der Waals surface area contributed by atoms with E-state index < -0.39 is 6.04 Å². The fourth-order valence-electron chi connectivity index (χ4n) is 2.28. The third-order valence-electron chi connectivity index (χ3n) is 3.56. The van der Waals surface area contributed by atoms with E-state index in [0.29, 0.717) is 12.1 Å². The van der Waals surface area contributed by atoms with Crippen LogP contribution in [0, 0.1) is 0 Å². The Bertz CT molecular complexity index is 836. The molecule has 0 spiro atoms. The lowest BCUT2D eigenvalue weighted by Crippen LogP contribution is -2.44. The summed E-state index contributed by atoms with van der Waals surface area (Å²) in [6.07, 6.45) is 2.00. The van der Waals surface area contributed by atoms with Crippen LogP contribution in [-0.4, -0.2) is 27.1 Å². The van der Waals surface area contributed by atoms with Crippen LogP contribution in [0.5, 0.6) is 0 Å². The maximum absolute atomic E-state index is 12.1. The maximum atomic E-state index is 12.1. The molecule has 0 saturated heterocycles. The van der Waals surface area contributed by atoms with Gasteiger partial charge in [0.1, 0.15) is 0 Å². The minimum atomic E-state index is -0.680. The van der Waals surface area contributed by atoms with Crippen molar-refractivity contribution in [3.05, 3.63) is 72.4 Å². The number of halogens is 2. The molecular weight excluding hydrogens is 476 g/mol. The Morgan fingerprint density at radius 2 is 1.63 bits per heavy atom. The number of carbonyl (C=O) groups is 1. The molecule has 0 saturated carbocycles. The second-order valence-electron chi connectivity index (χ2n) is 5.44. The number of rotatable bonds is 6. The highest BCUT2D eigenvalue weighted by Gasteiger charge is 2.14. The first-order valence-electron chi connectivity index (χ1n) is 7.83. The standard InChI is InChI=1S/C18H18N6O.2BrH/c19-15(11-13-7-3-1-4-8-13)17(25)22-24-18-21-16(12-20-23-18)14-9-5-2-6-10-14;;/h1-10,12,15H,11,19H2,(H,22,25)(H,21,23,24);2*1H/t15-;;/m0../s1. The lowest BCUT2D eigenvalue weighted by molar-refractivity contribution is -0.121. The van der Waals surface area contributed by atoms with Crippen LogP contribution in [-0.2, 0) is 11.2 Å². The number of hydrogen-bond donors (Lipinski definition) is 3. The van der Waals surface area contributed by atoms with Gasteiger partial charge in [0, 0.05) is 5.56 Å². The number of nitrogens with zero attached hydrogens (tertiary/aromatic N) is 3. The average molecular weight is 496 g/mol. The number of amides is 1. The Hall–Kier alpha value is -2.36. The zero-order chi connectivity index (χ0) is 17.5. The molecule has 142 valence electrons. The van der Waals surface area contributed by atoms with Gasteiger partial charge in [-0.25, -0.2) is 4.98 Å². The summed E-state index contributed by atoms with van der Waals surface area (Å²) in [5.74, 6) is -0.154. The van der Waals surface area contributed by atoms with Gasteiger partial charge in [-0.3, -0.25) is 15.6 Å². The smallest absolute Gasteiger partial charge is 0.262 e. The van der Waals surface area contributed by atoms with E-state index in [1.165, 1.54) is 0 Å². The molecule has 1 heterocycles. The molecular formula is C18H20Br2N6O. The summed E-state index contributed by atoms with van der Waals surface area (Å²) in [5, 5.41) is 7.75. The topological polar surface area (TPSA) is 106 Å². The lowest BCUT2D eigenvalue weighted by Gasteiger charge is -2.13. The maximum Gasteiger partial charge on any atom is 0.262 e. The van der Waals surface area contributed by atoms with E-state index in [-0.39, 0.29) is 45.8 Å². The van der Waals surface area contributed by atoms with Crippen molar-refractivity contribution in [3.8, 4) is 11.3 Å². The van der Waals surface area contributed by atoms with Gasteiger partial charge in [0.25, 0.3) is 11.9 Å². The number of hydrogen-bond acceptors (Lipinski definition) is 6. The first kappa shape index (κ1) is 22.7. The van der Waals surface area contributed by atoms with Crippen LogP contribution in [0.1, 0.15) is 5.56 Å². The molecule has 0 fully saturated rings. The summed E-state index contributed by atoms with van der Waals surface area (Å²) in [6, 6.07) is 18.5. The normalized spacial score (nSPS) is 10.7. The van der Waals surface area contributed by atoms with E-state index in [4.69, 9.17) is 5.73 Å². The molecule has 3 rings (SSSR count). The highest BCUT2D eigenvalue weighted by molar-refractivity contribution is 8.93. The van der Waals surface area contributed by atoms with Gasteiger partial charge in [0.15, 0.2) is 0 Å². The summed E-state index contributed by atoms with van der Waals surface area (Å²) in [5.41, 5.74) is 13.7. The first-order valence-corrected chi connectivity index (χ1v) is 7.83. The number of aromatic nitrogens is 3. The van der Waals surface area contributed by atoms with Crippen LogP contribution in [0.2, 0.25) is 0 Å². The quantitative estimate of drug-likeness (QED) is 0.454. The van der Waals surface area contributed by atoms with Gasteiger partial charge in [0.2, 0.25) is 0 Å². The summed E-state index contributed by atoms with van der Waals surface area (Å²) in [7, 11) is 0. The highest BCUT2D eigenvalue weighted by Crippen LogP contribution is 2.15. The van der Waals surface area contributed by atoms with Gasteiger partial charge >= 0.3 is 0 Å². The monoisotopic (exact) mass is 494 g/mol. The van der Waals surface area contributed by atoms with Crippen molar-refractivity contribution in [1.82, 2.24) is 20.6 Å². The minimum absolute atomic E-state index is 0. The molecule has 9 heteroatoms. The first-order chi connectivity index (χ1) is 12.2. The Balaban J connectivity index is 0.00000182. The van der Waals surface area contributed by atoms with Crippen LogP contribution in [0.4, 0.5) is 5.95 Å². The third-order valence-corrected chi connectivity index (χ3v) is 3.56. The van der Waals surface area contributed by atoms with Crippen molar-refractivity contribution < 1.29 is 4.79 Å². The van der Waals surface area contributed by atoms with Gasteiger partial charge in [-0.1, -0.05) is 60.7 Å². The van der Waals surface area contributed by atoms with Crippen molar-refractivity contribution in [2.24, 2.45) is 5.73 Å². The summed E-state index contributed by atoms with van der Waals surface area (Å²) in [6.45, 7) is 0. The molecule has 27 heavy (non-hydrogen) atoms. The fraction of sp³-hybridized carbons (Fsp3) is 0.111. The van der Waals surface area contributed by atoms with Crippen molar-refractivity contribution in [2.75, 3.05) is 5.43 Å². The molecule has 4 N–H and O–H groups in total. The zero-order valence-electron chi connectivity index (χ0n) is 14.3. The van der Waals surface area contributed by atoms with E-state index in [1.54, 1.807) is 6.20 Å². The van der Waals surface area contributed by atoms with Crippen LogP contribution in [0.3, 0.4) is 0 Å². The Labute approximate surface area is 178 Å². The molecule has 0 unspecified atom stereocenters. The Morgan fingerprint density at radius 3 is 2.30 bits per heavy atom. The predicted molar refractivity (Wildman–Crippen MR) is 116 cm³/mol. The molecule has 0 aliphatic rings. The van der Waals surface area contributed by atoms with Gasteiger partial charge < -0.3 is 5.73 Å². The number of nitrogens with two attached hydrogens (primary N) is 1. The molecule has 2 aromatic carbocycles. The molecule has 1 amide bonds. The Morgan fingerprint density at radius 1 is 1.00 bits per heavy atom. The molecule has 3 aromatic rings. The summed E-state index contributed by atoms with van der Waals surface area (Å²) < 4.78 is 0. The predicted octanol–water partition coefficient (Wildman–Crippen LogP) is 2.71. The third kappa shape index (κ3) is 6.70. The summed E-state index contributed by atoms with van der Waals surface area (Å²) in [4.78, 5) is 16.4. The molecule has 0 bridgehead atoms. The van der Waals surface area contributed by atoms with E-state index in [0.717, 1.165) is 11.1 Å². The van der Waals surface area contributed by atoms with Gasteiger partial charge in [-0.05, 0) is 12.0 Å². The molecule has 0 aliphatic heterocycles. The SMILES string of the molecule is Br.Br.N[C@@H](Cc1ccccc1)C(=O)NNc1nncc(-c2ccccc2)n1. The van der Waals surface area contributed by atoms with Crippen LogP contribution >= 0.6 is 34.0 Å². The molecule has 7 nitrogen and oxygen atoms in total. The van der Waals surface area contributed by atoms with Crippen molar-refractivity contribution >= 4 is 45.8 Å².